The Labute approximate surface area is 321 Å². The zero-order chi connectivity index (χ0) is 41.3. The van der Waals surface area contributed by atoms with Gasteiger partial charge < -0.3 is 44.4 Å². The number of allylic oxidation sites excluding steroid dienone is 2. The van der Waals surface area contributed by atoms with E-state index in [2.05, 4.69) is 10.2 Å². The van der Waals surface area contributed by atoms with Gasteiger partial charge in [-0.05, 0) is 81.3 Å². The van der Waals surface area contributed by atoms with Crippen LogP contribution in [0.4, 0.5) is 13.2 Å². The van der Waals surface area contributed by atoms with Crippen LogP contribution in [-0.2, 0) is 25.3 Å². The monoisotopic (exact) mass is 796 g/mol. The first-order valence-electron chi connectivity index (χ1n) is 17.9. The number of nitrogens with one attached hydrogen (secondary N) is 1. The third-order valence-corrected chi connectivity index (χ3v) is 8.71. The molecule has 2 aromatic carbocycles. The summed E-state index contributed by atoms with van der Waals surface area (Å²) in [5.74, 6) is -2.69. The number of benzene rings is 2. The summed E-state index contributed by atoms with van der Waals surface area (Å²) in [6.45, 7) is 1.02. The molecule has 0 aromatic heterocycles. The van der Waals surface area contributed by atoms with E-state index in [4.69, 9.17) is 18.9 Å². The first kappa shape index (κ1) is 45.2. The van der Waals surface area contributed by atoms with E-state index in [1.54, 1.807) is 6.08 Å². The minimum atomic E-state index is -4.53. The number of hydrogen-bond acceptors (Lipinski definition) is 13. The molecular weight excluding hydrogens is 749 g/mol. The molecule has 1 aliphatic carbocycles. The van der Waals surface area contributed by atoms with Crippen molar-refractivity contribution in [2.75, 3.05) is 26.9 Å². The fourth-order valence-corrected chi connectivity index (χ4v) is 5.75. The van der Waals surface area contributed by atoms with Gasteiger partial charge in [0.05, 0.1) is 43.7 Å². The number of amides is 1. The Morgan fingerprint density at radius 3 is 2.50 bits per heavy atom. The van der Waals surface area contributed by atoms with E-state index in [1.165, 1.54) is 50.4 Å². The van der Waals surface area contributed by atoms with Crippen LogP contribution in [0.25, 0.3) is 0 Å². The van der Waals surface area contributed by atoms with Crippen LogP contribution < -0.4 is 19.5 Å². The number of rotatable bonds is 22. The number of carbonyl (C=O) groups excluding carboxylic acids is 3. The van der Waals surface area contributed by atoms with Crippen LogP contribution in [0.2, 0.25) is 0 Å². The fraction of sp³-hybridized carbons (Fsp3) is 0.500. The number of esters is 2. The van der Waals surface area contributed by atoms with Gasteiger partial charge in [-0.3, -0.25) is 4.79 Å². The van der Waals surface area contributed by atoms with Crippen molar-refractivity contribution in [2.24, 2.45) is 11.8 Å². The number of alkyl halides is 3. The molecule has 1 aliphatic rings. The number of aliphatic hydroxyl groups is 3. The second-order valence-corrected chi connectivity index (χ2v) is 13.0. The van der Waals surface area contributed by atoms with Crippen molar-refractivity contribution in [3.63, 3.8) is 0 Å². The third kappa shape index (κ3) is 15.1. The molecule has 15 nitrogen and oxygen atoms in total. The molecule has 3 rings (SSSR count). The zero-order valence-corrected chi connectivity index (χ0v) is 30.9. The lowest BCUT2D eigenvalue weighted by Gasteiger charge is -2.19. The van der Waals surface area contributed by atoms with Crippen molar-refractivity contribution in [1.29, 1.82) is 0 Å². The number of carbonyl (C=O) groups is 3. The highest BCUT2D eigenvalue weighted by molar-refractivity contribution is 5.90. The number of methoxy groups -OCH3 is 1. The molecule has 56 heavy (non-hydrogen) atoms. The number of hydrogen-bond donors (Lipinski definition) is 4. The van der Waals surface area contributed by atoms with Gasteiger partial charge in [0.2, 0.25) is 5.91 Å². The van der Waals surface area contributed by atoms with Crippen molar-refractivity contribution < 1.29 is 71.7 Å². The summed E-state index contributed by atoms with van der Waals surface area (Å²) in [5.41, 5.74) is -0.760. The summed E-state index contributed by atoms with van der Waals surface area (Å²) in [4.78, 5) is 51.9. The predicted molar refractivity (Wildman–Crippen MR) is 192 cm³/mol. The van der Waals surface area contributed by atoms with Crippen LogP contribution in [-0.4, -0.2) is 89.5 Å². The number of halogens is 3. The van der Waals surface area contributed by atoms with E-state index in [-0.39, 0.29) is 61.4 Å². The maximum atomic E-state index is 12.9. The van der Waals surface area contributed by atoms with Crippen molar-refractivity contribution in [2.45, 2.75) is 82.4 Å². The summed E-state index contributed by atoms with van der Waals surface area (Å²) >= 11 is 0. The van der Waals surface area contributed by atoms with Crippen LogP contribution in [0.1, 0.15) is 67.8 Å². The van der Waals surface area contributed by atoms with E-state index >= 15 is 0 Å². The highest BCUT2D eigenvalue weighted by atomic mass is 19.4. The molecule has 2 aromatic rings. The molecule has 1 fully saturated rings. The van der Waals surface area contributed by atoms with E-state index in [0.717, 1.165) is 12.1 Å². The Morgan fingerprint density at radius 2 is 1.79 bits per heavy atom. The number of aliphatic hydroxyl groups excluding tert-OH is 3. The lowest BCUT2D eigenvalue weighted by atomic mass is 9.89. The van der Waals surface area contributed by atoms with Gasteiger partial charge in [0.25, 0.3) is 5.09 Å². The molecule has 18 heteroatoms. The smallest absolute Gasteiger partial charge is 0.416 e. The fourth-order valence-electron chi connectivity index (χ4n) is 5.75. The predicted octanol–water partition coefficient (Wildman–Crippen LogP) is 4.74. The molecule has 4 N–H and O–H groups in total. The van der Waals surface area contributed by atoms with E-state index < -0.39 is 64.9 Å². The molecule has 0 heterocycles. The standard InChI is InChI=1S/C38H47F3N2O13/c1-24(36(48)56-33-17-14-25(20-34(33)52-2)37(49)53-18-7-8-19-55-43(50)51)42-35(47)13-6-4-3-5-12-29-30(32(46)22-31(29)45)16-15-27(44)23-54-28-11-9-10-26(21-28)38(39,40)41/h3,5,9-11,14-17,20-21,24,27,29-32,44-46H,4,6-8,12-13,18-19,22-23H2,1-2H3,(H,42,47)/t24?,27-,29-,30-,31+,32-/m1/s1. The Bertz CT molecular complexity index is 1670. The van der Waals surface area contributed by atoms with Gasteiger partial charge in [-0.25, -0.2) is 9.59 Å². The minimum Gasteiger partial charge on any atom is -0.493 e. The molecule has 1 saturated carbocycles. The second kappa shape index (κ2) is 22.4. The summed E-state index contributed by atoms with van der Waals surface area (Å²) in [6, 6.07) is 7.30. The molecule has 1 amide bonds. The van der Waals surface area contributed by atoms with Gasteiger partial charge in [-0.2, -0.15) is 13.2 Å². The second-order valence-electron chi connectivity index (χ2n) is 13.0. The van der Waals surface area contributed by atoms with Crippen LogP contribution >= 0.6 is 0 Å². The third-order valence-electron chi connectivity index (χ3n) is 8.71. The van der Waals surface area contributed by atoms with Crippen molar-refractivity contribution >= 4 is 17.8 Å². The number of unbranched alkanes of at least 4 members (excludes halogenated alkanes) is 2. The van der Waals surface area contributed by atoms with Crippen LogP contribution in [0.5, 0.6) is 17.2 Å². The average molecular weight is 797 g/mol. The summed E-state index contributed by atoms with van der Waals surface area (Å²) < 4.78 is 59.9. The SMILES string of the molecule is COc1cc(C(=O)OCCCCO[N+](=O)[O-])ccc1OC(=O)C(C)NC(=O)CCCC=CC[C@@H]1[C@@H](C=C[C@@H](O)COc2cccc(C(F)(F)F)c2)[C@H](O)C[C@@H]1O. The van der Waals surface area contributed by atoms with Crippen molar-refractivity contribution in [1.82, 2.24) is 5.32 Å². The molecule has 0 bridgehead atoms. The lowest BCUT2D eigenvalue weighted by Crippen LogP contribution is -2.40. The van der Waals surface area contributed by atoms with Crippen molar-refractivity contribution in [3.8, 4) is 17.2 Å². The molecular formula is C38H47F3N2O13. The largest absolute Gasteiger partial charge is 0.493 e. The Hall–Kier alpha value is -5.20. The van der Waals surface area contributed by atoms with Gasteiger partial charge in [0, 0.05) is 18.8 Å². The summed E-state index contributed by atoms with van der Waals surface area (Å²) in [7, 11) is 1.31. The lowest BCUT2D eigenvalue weighted by molar-refractivity contribution is -0.757. The summed E-state index contributed by atoms with van der Waals surface area (Å²) in [5, 5.41) is 43.2. The Balaban J connectivity index is 1.38. The maximum Gasteiger partial charge on any atom is 0.416 e. The number of nitrogens with zero attached hydrogens (tertiary/aromatic N) is 1. The van der Waals surface area contributed by atoms with E-state index in [0.29, 0.717) is 32.1 Å². The number of ether oxygens (including phenoxy) is 4. The van der Waals surface area contributed by atoms with Crippen molar-refractivity contribution in [3.05, 3.63) is 88.0 Å². The molecule has 0 aliphatic heterocycles. The van der Waals surface area contributed by atoms with E-state index in [9.17, 15) is 53.0 Å². The molecule has 0 radical (unpaired) electrons. The van der Waals surface area contributed by atoms with Gasteiger partial charge in [-0.1, -0.05) is 30.4 Å². The zero-order valence-electron chi connectivity index (χ0n) is 30.9. The van der Waals surface area contributed by atoms with Gasteiger partial charge in [0.1, 0.15) is 24.5 Å². The molecule has 0 saturated heterocycles. The normalized spacial score (nSPS) is 19.4. The summed E-state index contributed by atoms with van der Waals surface area (Å²) in [6.07, 6.45) is 1.47. The highest BCUT2D eigenvalue weighted by Crippen LogP contribution is 2.36. The first-order chi connectivity index (χ1) is 26.6. The van der Waals surface area contributed by atoms with Gasteiger partial charge >= 0.3 is 18.1 Å². The van der Waals surface area contributed by atoms with Crippen LogP contribution in [0, 0.1) is 22.0 Å². The quantitative estimate of drug-likeness (QED) is 0.0317. The Kier molecular flexibility index (Phi) is 18.1. The van der Waals surface area contributed by atoms with E-state index in [1.807, 2.05) is 12.2 Å². The van der Waals surface area contributed by atoms with Gasteiger partial charge in [0.15, 0.2) is 11.5 Å². The topological polar surface area (TPSA) is 213 Å². The average Bonchev–Trinajstić information content (AvgIpc) is 3.42. The molecule has 308 valence electrons. The van der Waals surface area contributed by atoms with Gasteiger partial charge in [-0.15, -0.1) is 10.1 Å². The maximum absolute atomic E-state index is 12.9. The Morgan fingerprint density at radius 1 is 1.04 bits per heavy atom. The highest BCUT2D eigenvalue weighted by Gasteiger charge is 2.39. The molecule has 1 unspecified atom stereocenters. The molecule has 6 atom stereocenters. The minimum absolute atomic E-state index is 0.00684. The first-order valence-corrected chi connectivity index (χ1v) is 17.9. The van der Waals surface area contributed by atoms with Crippen LogP contribution in [0.15, 0.2) is 66.8 Å². The van der Waals surface area contributed by atoms with Crippen LogP contribution in [0.3, 0.4) is 0 Å². The molecule has 0 spiro atoms.